The molecule has 5 nitrogen and oxygen atoms in total. The molecule has 0 aliphatic carbocycles. The minimum atomic E-state index is 0. The summed E-state index contributed by atoms with van der Waals surface area (Å²) >= 11 is 0. The summed E-state index contributed by atoms with van der Waals surface area (Å²) in [5.74, 6) is 3.14. The highest BCUT2D eigenvalue weighted by Gasteiger charge is 1.99. The molecule has 0 heterocycles. The number of nitrogens with zero attached hydrogens (tertiary/aromatic N) is 1. The van der Waals surface area contributed by atoms with Crippen LogP contribution in [0.3, 0.4) is 0 Å². The van der Waals surface area contributed by atoms with E-state index in [4.69, 9.17) is 9.47 Å². The number of benzene rings is 1. The second-order valence-electron chi connectivity index (χ2n) is 5.42. The lowest BCUT2D eigenvalue weighted by molar-refractivity contribution is 0.310. The molecule has 0 bridgehead atoms. The molecule has 1 aromatic carbocycles. The van der Waals surface area contributed by atoms with Gasteiger partial charge in [0.2, 0.25) is 0 Å². The van der Waals surface area contributed by atoms with Gasteiger partial charge in [-0.2, -0.15) is 0 Å². The van der Waals surface area contributed by atoms with E-state index in [0.29, 0.717) is 12.5 Å². The molecule has 132 valence electrons. The fourth-order valence-electron chi connectivity index (χ4n) is 1.76. The Morgan fingerprint density at radius 3 is 2.35 bits per heavy atom. The average Bonchev–Trinajstić information content (AvgIpc) is 2.52. The Labute approximate surface area is 157 Å². The van der Waals surface area contributed by atoms with Gasteiger partial charge in [-0.25, -0.2) is 0 Å². The second kappa shape index (κ2) is 13.3. The van der Waals surface area contributed by atoms with Crippen LogP contribution in [0.4, 0.5) is 0 Å². The Bertz CT molecular complexity index is 436. The summed E-state index contributed by atoms with van der Waals surface area (Å²) in [7, 11) is 1.66. The number of methoxy groups -OCH3 is 1. The number of guanidine groups is 1. The molecule has 0 atom stereocenters. The maximum Gasteiger partial charge on any atom is 0.191 e. The first-order valence-electron chi connectivity index (χ1n) is 7.94. The zero-order valence-corrected chi connectivity index (χ0v) is 16.9. The van der Waals surface area contributed by atoms with E-state index in [0.717, 1.165) is 43.5 Å². The zero-order chi connectivity index (χ0) is 16.2. The average molecular weight is 435 g/mol. The maximum absolute atomic E-state index is 5.69. The van der Waals surface area contributed by atoms with Crippen molar-refractivity contribution in [3.05, 3.63) is 24.3 Å². The number of hydrogen-bond donors (Lipinski definition) is 2. The van der Waals surface area contributed by atoms with Crippen molar-refractivity contribution in [1.29, 1.82) is 0 Å². The summed E-state index contributed by atoms with van der Waals surface area (Å²) < 4.78 is 10.8. The molecule has 0 aliphatic heterocycles. The number of halogens is 1. The Kier molecular flexibility index (Phi) is 12.6. The number of nitrogens with one attached hydrogen (secondary N) is 2. The first-order valence-corrected chi connectivity index (χ1v) is 7.94. The van der Waals surface area contributed by atoms with E-state index < -0.39 is 0 Å². The SMILES string of the molecule is CCNC(=NCC(C)C)NCCCOc1ccc(OC)cc1.I. The van der Waals surface area contributed by atoms with Crippen LogP contribution in [0.25, 0.3) is 0 Å². The van der Waals surface area contributed by atoms with Crippen LogP contribution >= 0.6 is 24.0 Å². The first kappa shape index (κ1) is 21.8. The van der Waals surface area contributed by atoms with Crippen molar-refractivity contribution in [2.75, 3.05) is 33.4 Å². The van der Waals surface area contributed by atoms with Gasteiger partial charge in [0.25, 0.3) is 0 Å². The number of ether oxygens (including phenoxy) is 2. The monoisotopic (exact) mass is 435 g/mol. The molecule has 0 fully saturated rings. The van der Waals surface area contributed by atoms with Crippen LogP contribution in [0.15, 0.2) is 29.3 Å². The Morgan fingerprint density at radius 1 is 1.13 bits per heavy atom. The molecule has 0 radical (unpaired) electrons. The highest BCUT2D eigenvalue weighted by Crippen LogP contribution is 2.16. The highest BCUT2D eigenvalue weighted by molar-refractivity contribution is 14.0. The molecule has 0 aliphatic rings. The third kappa shape index (κ3) is 10.3. The minimum Gasteiger partial charge on any atom is -0.497 e. The Morgan fingerprint density at radius 2 is 1.78 bits per heavy atom. The van der Waals surface area contributed by atoms with Crippen LogP contribution in [0.1, 0.15) is 27.2 Å². The van der Waals surface area contributed by atoms with E-state index in [2.05, 4.69) is 36.4 Å². The van der Waals surface area contributed by atoms with Gasteiger partial charge < -0.3 is 20.1 Å². The van der Waals surface area contributed by atoms with Crippen LogP contribution in [0.5, 0.6) is 11.5 Å². The quantitative estimate of drug-likeness (QED) is 0.271. The number of rotatable bonds is 9. The van der Waals surface area contributed by atoms with Crippen LogP contribution in [0.2, 0.25) is 0 Å². The van der Waals surface area contributed by atoms with E-state index in [1.807, 2.05) is 24.3 Å². The summed E-state index contributed by atoms with van der Waals surface area (Å²) in [6.45, 7) is 9.60. The van der Waals surface area contributed by atoms with Gasteiger partial charge in [-0.3, -0.25) is 4.99 Å². The highest BCUT2D eigenvalue weighted by atomic mass is 127. The van der Waals surface area contributed by atoms with Crippen molar-refractivity contribution in [3.8, 4) is 11.5 Å². The van der Waals surface area contributed by atoms with Crippen molar-refractivity contribution < 1.29 is 9.47 Å². The van der Waals surface area contributed by atoms with Gasteiger partial charge in [-0.05, 0) is 43.5 Å². The van der Waals surface area contributed by atoms with E-state index in [1.54, 1.807) is 7.11 Å². The third-order valence-corrected chi connectivity index (χ3v) is 2.90. The van der Waals surface area contributed by atoms with Gasteiger partial charge in [0, 0.05) is 19.6 Å². The van der Waals surface area contributed by atoms with Crippen LogP contribution in [0, 0.1) is 5.92 Å². The second-order valence-corrected chi connectivity index (χ2v) is 5.42. The molecule has 6 heteroatoms. The van der Waals surface area contributed by atoms with E-state index in [1.165, 1.54) is 0 Å². The topological polar surface area (TPSA) is 54.9 Å². The molecule has 0 amide bonds. The Balaban J connectivity index is 0.00000484. The van der Waals surface area contributed by atoms with E-state index in [9.17, 15) is 0 Å². The third-order valence-electron chi connectivity index (χ3n) is 2.90. The molecule has 0 aromatic heterocycles. The predicted molar refractivity (Wildman–Crippen MR) is 107 cm³/mol. The molecule has 23 heavy (non-hydrogen) atoms. The van der Waals surface area contributed by atoms with E-state index >= 15 is 0 Å². The smallest absolute Gasteiger partial charge is 0.191 e. The van der Waals surface area contributed by atoms with Crippen molar-refractivity contribution in [1.82, 2.24) is 10.6 Å². The first-order chi connectivity index (χ1) is 10.7. The van der Waals surface area contributed by atoms with Crippen molar-refractivity contribution in [2.45, 2.75) is 27.2 Å². The molecule has 2 N–H and O–H groups in total. The van der Waals surface area contributed by atoms with Gasteiger partial charge in [-0.15, -0.1) is 24.0 Å². The summed E-state index contributed by atoms with van der Waals surface area (Å²) in [6.07, 6.45) is 0.915. The molecule has 0 saturated heterocycles. The lowest BCUT2D eigenvalue weighted by Gasteiger charge is -2.12. The fraction of sp³-hybridized carbons (Fsp3) is 0.588. The lowest BCUT2D eigenvalue weighted by Crippen LogP contribution is -2.38. The molecular formula is C17H30IN3O2. The van der Waals surface area contributed by atoms with Gasteiger partial charge >= 0.3 is 0 Å². The van der Waals surface area contributed by atoms with Crippen molar-refractivity contribution in [2.24, 2.45) is 10.9 Å². The molecule has 1 aromatic rings. The van der Waals surface area contributed by atoms with Crippen LogP contribution in [-0.2, 0) is 0 Å². The predicted octanol–water partition coefficient (Wildman–Crippen LogP) is 3.29. The van der Waals surface area contributed by atoms with Crippen LogP contribution in [-0.4, -0.2) is 39.3 Å². The maximum atomic E-state index is 5.69. The molecule has 0 unspecified atom stereocenters. The zero-order valence-electron chi connectivity index (χ0n) is 14.6. The molecular weight excluding hydrogens is 405 g/mol. The molecule has 0 spiro atoms. The summed E-state index contributed by atoms with van der Waals surface area (Å²) in [5, 5.41) is 6.56. The lowest BCUT2D eigenvalue weighted by atomic mass is 10.2. The minimum absolute atomic E-state index is 0. The summed E-state index contributed by atoms with van der Waals surface area (Å²) in [5.41, 5.74) is 0. The number of hydrogen-bond acceptors (Lipinski definition) is 3. The van der Waals surface area contributed by atoms with Crippen LogP contribution < -0.4 is 20.1 Å². The van der Waals surface area contributed by atoms with E-state index in [-0.39, 0.29) is 24.0 Å². The fourth-order valence-corrected chi connectivity index (χ4v) is 1.76. The Hall–Kier alpha value is -1.18. The normalized spacial score (nSPS) is 10.9. The van der Waals surface area contributed by atoms with Gasteiger partial charge in [0.1, 0.15) is 11.5 Å². The largest absolute Gasteiger partial charge is 0.497 e. The van der Waals surface area contributed by atoms with Gasteiger partial charge in [0.15, 0.2) is 5.96 Å². The van der Waals surface area contributed by atoms with Crippen molar-refractivity contribution >= 4 is 29.9 Å². The molecule has 0 saturated carbocycles. The standard InChI is InChI=1S/C17H29N3O2.HI/c1-5-18-17(20-13-14(2)3)19-11-6-12-22-16-9-7-15(21-4)8-10-16;/h7-10,14H,5-6,11-13H2,1-4H3,(H2,18,19,20);1H. The summed E-state index contributed by atoms with van der Waals surface area (Å²) in [4.78, 5) is 4.53. The molecule has 1 rings (SSSR count). The van der Waals surface area contributed by atoms with Crippen molar-refractivity contribution in [3.63, 3.8) is 0 Å². The number of aliphatic imine (C=N–C) groups is 1. The van der Waals surface area contributed by atoms with Gasteiger partial charge in [-0.1, -0.05) is 13.8 Å². The van der Waals surface area contributed by atoms with Gasteiger partial charge in [0.05, 0.1) is 13.7 Å². The summed E-state index contributed by atoms with van der Waals surface area (Å²) in [6, 6.07) is 7.63.